The van der Waals surface area contributed by atoms with Crippen LogP contribution in [-0.4, -0.2) is 37.1 Å². The molecule has 0 aromatic heterocycles. The molecule has 0 spiro atoms. The van der Waals surface area contributed by atoms with Gasteiger partial charge in [0.25, 0.3) is 0 Å². The van der Waals surface area contributed by atoms with Crippen LogP contribution in [0.3, 0.4) is 0 Å². The van der Waals surface area contributed by atoms with E-state index in [9.17, 15) is 4.79 Å². The SMILES string of the molecule is CO[C@H]1CC[C@H](C(=O)N2CCC(C(C)C)CC2)CC1. The van der Waals surface area contributed by atoms with Gasteiger partial charge in [-0.05, 0) is 50.4 Å². The Morgan fingerprint density at radius 2 is 1.63 bits per heavy atom. The molecule has 1 saturated heterocycles. The number of carbonyl (C=O) groups is 1. The number of methoxy groups -OCH3 is 1. The van der Waals surface area contributed by atoms with Gasteiger partial charge < -0.3 is 9.64 Å². The standard InChI is InChI=1S/C16H29NO2/c1-12(2)13-8-10-17(11-9-13)16(18)14-4-6-15(19-3)7-5-14/h12-15H,4-11H2,1-3H3/t14-,15-. The lowest BCUT2D eigenvalue weighted by Crippen LogP contribution is -2.43. The smallest absolute Gasteiger partial charge is 0.225 e. The Bertz CT molecular complexity index is 287. The van der Waals surface area contributed by atoms with E-state index in [0.717, 1.165) is 50.6 Å². The summed E-state index contributed by atoms with van der Waals surface area (Å²) in [6.07, 6.45) is 6.90. The van der Waals surface area contributed by atoms with Crippen LogP contribution in [0.2, 0.25) is 0 Å². The van der Waals surface area contributed by atoms with E-state index in [1.807, 2.05) is 0 Å². The molecule has 1 aliphatic heterocycles. The van der Waals surface area contributed by atoms with Crippen molar-refractivity contribution in [3.05, 3.63) is 0 Å². The summed E-state index contributed by atoms with van der Waals surface area (Å²) in [4.78, 5) is 14.6. The van der Waals surface area contributed by atoms with E-state index in [1.54, 1.807) is 7.11 Å². The van der Waals surface area contributed by atoms with Gasteiger partial charge in [-0.15, -0.1) is 0 Å². The maximum atomic E-state index is 12.5. The van der Waals surface area contributed by atoms with Gasteiger partial charge in [0, 0.05) is 26.1 Å². The largest absolute Gasteiger partial charge is 0.381 e. The minimum atomic E-state index is 0.266. The molecule has 3 nitrogen and oxygen atoms in total. The van der Waals surface area contributed by atoms with Gasteiger partial charge >= 0.3 is 0 Å². The van der Waals surface area contributed by atoms with Crippen molar-refractivity contribution in [3.8, 4) is 0 Å². The topological polar surface area (TPSA) is 29.5 Å². The first-order valence-electron chi connectivity index (χ1n) is 7.93. The van der Waals surface area contributed by atoms with Crippen molar-refractivity contribution in [2.75, 3.05) is 20.2 Å². The number of hydrogen-bond acceptors (Lipinski definition) is 2. The Hall–Kier alpha value is -0.570. The highest BCUT2D eigenvalue weighted by Gasteiger charge is 2.31. The van der Waals surface area contributed by atoms with Crippen molar-refractivity contribution in [2.45, 2.75) is 58.5 Å². The molecule has 0 N–H and O–H groups in total. The van der Waals surface area contributed by atoms with Gasteiger partial charge in [-0.2, -0.15) is 0 Å². The van der Waals surface area contributed by atoms with E-state index in [2.05, 4.69) is 18.7 Å². The van der Waals surface area contributed by atoms with Gasteiger partial charge in [-0.3, -0.25) is 4.79 Å². The van der Waals surface area contributed by atoms with Gasteiger partial charge in [-0.25, -0.2) is 0 Å². The number of piperidine rings is 1. The molecule has 1 aliphatic carbocycles. The van der Waals surface area contributed by atoms with E-state index < -0.39 is 0 Å². The Morgan fingerprint density at radius 3 is 2.11 bits per heavy atom. The molecule has 0 unspecified atom stereocenters. The summed E-state index contributed by atoms with van der Waals surface area (Å²) in [5, 5.41) is 0. The third-order valence-electron chi connectivity index (χ3n) is 5.15. The lowest BCUT2D eigenvalue weighted by Gasteiger charge is -2.37. The number of amides is 1. The van der Waals surface area contributed by atoms with Crippen molar-refractivity contribution < 1.29 is 9.53 Å². The normalized spacial score (nSPS) is 29.8. The molecule has 1 amide bonds. The molecule has 0 atom stereocenters. The van der Waals surface area contributed by atoms with E-state index in [0.29, 0.717) is 12.0 Å². The van der Waals surface area contributed by atoms with Gasteiger partial charge in [0.05, 0.1) is 6.10 Å². The second kappa shape index (κ2) is 6.74. The number of likely N-dealkylation sites (tertiary alicyclic amines) is 1. The van der Waals surface area contributed by atoms with Gasteiger partial charge in [0.1, 0.15) is 0 Å². The zero-order valence-corrected chi connectivity index (χ0v) is 12.7. The van der Waals surface area contributed by atoms with Crippen LogP contribution in [0.25, 0.3) is 0 Å². The second-order valence-electron chi connectivity index (χ2n) is 6.62. The fourth-order valence-corrected chi connectivity index (χ4v) is 3.59. The highest BCUT2D eigenvalue weighted by Crippen LogP contribution is 2.30. The number of carbonyl (C=O) groups excluding carboxylic acids is 1. The summed E-state index contributed by atoms with van der Waals surface area (Å²) in [5.41, 5.74) is 0. The van der Waals surface area contributed by atoms with Crippen molar-refractivity contribution in [2.24, 2.45) is 17.8 Å². The minimum Gasteiger partial charge on any atom is -0.381 e. The maximum Gasteiger partial charge on any atom is 0.225 e. The third kappa shape index (κ3) is 3.71. The molecule has 2 fully saturated rings. The molecule has 0 aromatic rings. The molecular formula is C16H29NO2. The zero-order valence-electron chi connectivity index (χ0n) is 12.7. The average molecular weight is 267 g/mol. The molecule has 2 aliphatic rings. The molecule has 3 heteroatoms. The molecule has 0 bridgehead atoms. The number of ether oxygens (including phenoxy) is 1. The van der Waals surface area contributed by atoms with Crippen LogP contribution in [0.15, 0.2) is 0 Å². The first kappa shape index (κ1) is 14.8. The van der Waals surface area contributed by atoms with Crippen LogP contribution in [0, 0.1) is 17.8 Å². The minimum absolute atomic E-state index is 0.266. The van der Waals surface area contributed by atoms with Crippen LogP contribution in [0.4, 0.5) is 0 Å². The molecule has 1 saturated carbocycles. The first-order valence-corrected chi connectivity index (χ1v) is 7.93. The van der Waals surface area contributed by atoms with Crippen LogP contribution in [-0.2, 0) is 9.53 Å². The maximum absolute atomic E-state index is 12.5. The van der Waals surface area contributed by atoms with Gasteiger partial charge in [-0.1, -0.05) is 13.8 Å². The van der Waals surface area contributed by atoms with E-state index >= 15 is 0 Å². The number of hydrogen-bond donors (Lipinski definition) is 0. The summed E-state index contributed by atoms with van der Waals surface area (Å²) >= 11 is 0. The monoisotopic (exact) mass is 267 g/mol. The third-order valence-corrected chi connectivity index (χ3v) is 5.15. The lowest BCUT2D eigenvalue weighted by molar-refractivity contribution is -0.139. The highest BCUT2D eigenvalue weighted by atomic mass is 16.5. The van der Waals surface area contributed by atoms with Crippen LogP contribution in [0.5, 0.6) is 0 Å². The average Bonchev–Trinajstić information content (AvgIpc) is 2.46. The summed E-state index contributed by atoms with van der Waals surface area (Å²) in [5.74, 6) is 2.25. The zero-order chi connectivity index (χ0) is 13.8. The fourth-order valence-electron chi connectivity index (χ4n) is 3.59. The predicted octanol–water partition coefficient (Wildman–Crippen LogP) is 3.09. The van der Waals surface area contributed by atoms with Crippen molar-refractivity contribution in [1.82, 2.24) is 4.90 Å². The van der Waals surface area contributed by atoms with Crippen molar-refractivity contribution >= 4 is 5.91 Å². The quantitative estimate of drug-likeness (QED) is 0.786. The Labute approximate surface area is 117 Å². The van der Waals surface area contributed by atoms with E-state index in [-0.39, 0.29) is 5.92 Å². The molecule has 0 aromatic carbocycles. The summed E-state index contributed by atoms with van der Waals surface area (Å²) < 4.78 is 5.38. The molecule has 19 heavy (non-hydrogen) atoms. The Balaban J connectivity index is 1.78. The second-order valence-corrected chi connectivity index (χ2v) is 6.62. The summed E-state index contributed by atoms with van der Waals surface area (Å²) in [6.45, 7) is 6.56. The van der Waals surface area contributed by atoms with Gasteiger partial charge in [0.2, 0.25) is 5.91 Å². The Morgan fingerprint density at radius 1 is 1.05 bits per heavy atom. The van der Waals surface area contributed by atoms with Crippen LogP contribution < -0.4 is 0 Å². The first-order chi connectivity index (χ1) is 9.11. The molecule has 110 valence electrons. The summed E-state index contributed by atoms with van der Waals surface area (Å²) in [6, 6.07) is 0. The van der Waals surface area contributed by atoms with E-state index in [4.69, 9.17) is 4.74 Å². The van der Waals surface area contributed by atoms with Crippen LogP contribution >= 0.6 is 0 Å². The van der Waals surface area contributed by atoms with E-state index in [1.165, 1.54) is 12.8 Å². The van der Waals surface area contributed by atoms with Crippen molar-refractivity contribution in [3.63, 3.8) is 0 Å². The fraction of sp³-hybridized carbons (Fsp3) is 0.938. The van der Waals surface area contributed by atoms with Crippen LogP contribution in [0.1, 0.15) is 52.4 Å². The van der Waals surface area contributed by atoms with Gasteiger partial charge in [0.15, 0.2) is 0 Å². The predicted molar refractivity (Wildman–Crippen MR) is 76.9 cm³/mol. The lowest BCUT2D eigenvalue weighted by atomic mass is 9.84. The number of nitrogens with zero attached hydrogens (tertiary/aromatic N) is 1. The number of rotatable bonds is 3. The molecule has 2 rings (SSSR count). The molecule has 1 heterocycles. The van der Waals surface area contributed by atoms with Crippen molar-refractivity contribution in [1.29, 1.82) is 0 Å². The molecule has 0 radical (unpaired) electrons. The molecular weight excluding hydrogens is 238 g/mol. The highest BCUT2D eigenvalue weighted by molar-refractivity contribution is 5.79. The summed E-state index contributed by atoms with van der Waals surface area (Å²) in [7, 11) is 1.78. The Kier molecular flexibility index (Phi) is 5.26.